The first-order chi connectivity index (χ1) is 18.2. The number of hydrazine groups is 1. The Morgan fingerprint density at radius 3 is 2.58 bits per heavy atom. The third-order valence-electron chi connectivity index (χ3n) is 4.92. The normalized spacial score (nSPS) is 14.8. The zero-order chi connectivity index (χ0) is 27.8. The summed E-state index contributed by atoms with van der Waals surface area (Å²) >= 11 is 6.13. The molecule has 1 aliphatic heterocycles. The molecule has 1 aliphatic rings. The SMILES string of the molecule is CCOC(=O)CC1=NC(Oc2cc(Cl)cc(OC)c2)N(N)C(Oc2cc(C#N)ccc2OCC)=C1[N+](=O)[O-]. The Balaban J connectivity index is 2.12. The van der Waals surface area contributed by atoms with Crippen molar-refractivity contribution < 1.29 is 33.4 Å². The molecule has 2 aromatic carbocycles. The van der Waals surface area contributed by atoms with Crippen LogP contribution in [0.25, 0.3) is 0 Å². The average molecular weight is 546 g/mol. The number of ether oxygens (including phenoxy) is 5. The van der Waals surface area contributed by atoms with E-state index in [0.717, 1.165) is 5.01 Å². The van der Waals surface area contributed by atoms with Crippen LogP contribution in [-0.2, 0) is 9.53 Å². The number of rotatable bonds is 11. The van der Waals surface area contributed by atoms with Gasteiger partial charge in [0.15, 0.2) is 11.5 Å². The van der Waals surface area contributed by atoms with Gasteiger partial charge in [0, 0.05) is 17.2 Å². The molecule has 200 valence electrons. The van der Waals surface area contributed by atoms with E-state index in [1.54, 1.807) is 19.9 Å². The number of nitriles is 1. The van der Waals surface area contributed by atoms with Crippen LogP contribution in [0.2, 0.25) is 5.02 Å². The van der Waals surface area contributed by atoms with Gasteiger partial charge < -0.3 is 23.7 Å². The van der Waals surface area contributed by atoms with Gasteiger partial charge in [0.1, 0.15) is 17.2 Å². The Morgan fingerprint density at radius 1 is 1.21 bits per heavy atom. The van der Waals surface area contributed by atoms with E-state index in [1.165, 1.54) is 37.4 Å². The minimum atomic E-state index is -1.43. The molecule has 1 unspecified atom stereocenters. The molecule has 0 saturated heterocycles. The molecule has 3 rings (SSSR count). The highest BCUT2D eigenvalue weighted by molar-refractivity contribution is 6.30. The molecule has 0 saturated carbocycles. The maximum Gasteiger partial charge on any atom is 0.352 e. The van der Waals surface area contributed by atoms with Crippen LogP contribution in [0.1, 0.15) is 25.8 Å². The van der Waals surface area contributed by atoms with Crippen molar-refractivity contribution in [3.8, 4) is 29.1 Å². The summed E-state index contributed by atoms with van der Waals surface area (Å²) in [6.07, 6.45) is -2.00. The Bertz CT molecular complexity index is 1320. The molecular formula is C24H24ClN5O8. The number of benzene rings is 2. The fraction of sp³-hybridized carbons (Fsp3) is 0.292. The number of hydrogen-bond acceptors (Lipinski definition) is 12. The van der Waals surface area contributed by atoms with Crippen LogP contribution < -0.4 is 24.8 Å². The zero-order valence-corrected chi connectivity index (χ0v) is 21.4. The van der Waals surface area contributed by atoms with Gasteiger partial charge in [0.05, 0.1) is 43.3 Å². The first-order valence-electron chi connectivity index (χ1n) is 11.2. The fourth-order valence-electron chi connectivity index (χ4n) is 3.33. The van der Waals surface area contributed by atoms with Gasteiger partial charge in [-0.2, -0.15) is 5.26 Å². The van der Waals surface area contributed by atoms with Gasteiger partial charge in [-0.25, -0.2) is 15.8 Å². The quantitative estimate of drug-likeness (QED) is 0.190. The van der Waals surface area contributed by atoms with Crippen molar-refractivity contribution in [1.29, 1.82) is 5.26 Å². The monoisotopic (exact) mass is 545 g/mol. The molecule has 0 aliphatic carbocycles. The number of nitrogens with zero attached hydrogens (tertiary/aromatic N) is 4. The first kappa shape index (κ1) is 28.0. The van der Waals surface area contributed by atoms with Crippen LogP contribution in [0.5, 0.6) is 23.0 Å². The predicted molar refractivity (Wildman–Crippen MR) is 134 cm³/mol. The van der Waals surface area contributed by atoms with E-state index in [0.29, 0.717) is 5.75 Å². The summed E-state index contributed by atoms with van der Waals surface area (Å²) in [5, 5.41) is 22.6. The van der Waals surface area contributed by atoms with Crippen molar-refractivity contribution in [2.24, 2.45) is 10.8 Å². The first-order valence-corrected chi connectivity index (χ1v) is 11.6. The largest absolute Gasteiger partial charge is 0.497 e. The van der Waals surface area contributed by atoms with Crippen LogP contribution >= 0.6 is 11.6 Å². The number of aliphatic imine (C=N–C) groups is 1. The van der Waals surface area contributed by atoms with E-state index in [1.807, 2.05) is 6.07 Å². The van der Waals surface area contributed by atoms with E-state index >= 15 is 0 Å². The van der Waals surface area contributed by atoms with Crippen molar-refractivity contribution >= 4 is 23.3 Å². The van der Waals surface area contributed by atoms with Crippen LogP contribution in [0, 0.1) is 21.4 Å². The standard InChI is InChI=1S/C24H24ClN5O8/c1-4-35-19-7-6-14(13-26)8-20(19)38-23-22(30(32)33)18(12-21(31)36-5-2)28-24(29(23)27)37-17-10-15(25)9-16(11-17)34-3/h6-11,24H,4-5,12,27H2,1-3H3. The lowest BCUT2D eigenvalue weighted by Crippen LogP contribution is -2.49. The number of nitro groups is 1. The van der Waals surface area contributed by atoms with Crippen LogP contribution in [0.4, 0.5) is 0 Å². The molecule has 0 aromatic heterocycles. The summed E-state index contributed by atoms with van der Waals surface area (Å²) < 4.78 is 27.4. The maximum absolute atomic E-state index is 12.3. The number of hydrogen-bond donors (Lipinski definition) is 1. The number of halogens is 1. The second-order valence-corrected chi connectivity index (χ2v) is 7.89. The van der Waals surface area contributed by atoms with Gasteiger partial charge in [-0.05, 0) is 38.1 Å². The summed E-state index contributed by atoms with van der Waals surface area (Å²) in [5.74, 6) is 5.65. The van der Waals surface area contributed by atoms with Crippen LogP contribution in [0.15, 0.2) is 53.0 Å². The highest BCUT2D eigenvalue weighted by atomic mass is 35.5. The number of allylic oxidation sites excluding steroid dienone is 1. The molecule has 0 radical (unpaired) electrons. The van der Waals surface area contributed by atoms with Gasteiger partial charge in [-0.3, -0.25) is 14.9 Å². The van der Waals surface area contributed by atoms with E-state index in [2.05, 4.69) is 4.99 Å². The molecule has 0 amide bonds. The molecule has 0 fully saturated rings. The summed E-state index contributed by atoms with van der Waals surface area (Å²) in [4.78, 5) is 27.9. The smallest absolute Gasteiger partial charge is 0.352 e. The minimum absolute atomic E-state index is 0.0312. The van der Waals surface area contributed by atoms with Crippen molar-refractivity contribution in [3.05, 3.63) is 68.7 Å². The number of nitrogens with two attached hydrogens (primary N) is 1. The van der Waals surface area contributed by atoms with Crippen LogP contribution in [-0.4, -0.2) is 48.3 Å². The average Bonchev–Trinajstić information content (AvgIpc) is 2.87. The van der Waals surface area contributed by atoms with Crippen molar-refractivity contribution in [1.82, 2.24) is 5.01 Å². The van der Waals surface area contributed by atoms with E-state index in [-0.39, 0.29) is 46.8 Å². The molecule has 14 heteroatoms. The molecular weight excluding hydrogens is 522 g/mol. The molecule has 0 spiro atoms. The van der Waals surface area contributed by atoms with Gasteiger partial charge in [0.2, 0.25) is 0 Å². The van der Waals surface area contributed by atoms with Crippen LogP contribution in [0.3, 0.4) is 0 Å². The number of esters is 1. The third-order valence-corrected chi connectivity index (χ3v) is 5.13. The summed E-state index contributed by atoms with van der Waals surface area (Å²) in [7, 11) is 1.43. The second-order valence-electron chi connectivity index (χ2n) is 7.46. The topological polar surface area (TPSA) is 172 Å². The van der Waals surface area contributed by atoms with Crippen molar-refractivity contribution in [3.63, 3.8) is 0 Å². The lowest BCUT2D eigenvalue weighted by molar-refractivity contribution is -0.420. The number of carbonyl (C=O) groups excluding carboxylic acids is 1. The molecule has 2 N–H and O–H groups in total. The number of methoxy groups -OCH3 is 1. The van der Waals surface area contributed by atoms with Gasteiger partial charge in [-0.15, -0.1) is 0 Å². The molecule has 2 aromatic rings. The molecule has 1 atom stereocenters. The van der Waals surface area contributed by atoms with E-state index in [4.69, 9.17) is 41.1 Å². The summed E-state index contributed by atoms with van der Waals surface area (Å²) in [6.45, 7) is 3.62. The van der Waals surface area contributed by atoms with E-state index in [9.17, 15) is 20.2 Å². The maximum atomic E-state index is 12.3. The summed E-state index contributed by atoms with van der Waals surface area (Å²) in [6, 6.07) is 10.8. The highest BCUT2D eigenvalue weighted by Crippen LogP contribution is 2.34. The van der Waals surface area contributed by atoms with Crippen molar-refractivity contribution in [2.75, 3.05) is 20.3 Å². The molecule has 1 heterocycles. The second kappa shape index (κ2) is 12.6. The van der Waals surface area contributed by atoms with Gasteiger partial charge in [-0.1, -0.05) is 11.6 Å². The predicted octanol–water partition coefficient (Wildman–Crippen LogP) is 3.39. The Morgan fingerprint density at radius 2 is 1.95 bits per heavy atom. The Kier molecular flexibility index (Phi) is 9.31. The Labute approximate surface area is 222 Å². The lowest BCUT2D eigenvalue weighted by atomic mass is 10.1. The van der Waals surface area contributed by atoms with Gasteiger partial charge in [0.25, 0.3) is 12.2 Å². The zero-order valence-electron chi connectivity index (χ0n) is 20.7. The lowest BCUT2D eigenvalue weighted by Gasteiger charge is -2.31. The van der Waals surface area contributed by atoms with E-state index < -0.39 is 35.2 Å². The molecule has 13 nitrogen and oxygen atoms in total. The van der Waals surface area contributed by atoms with Crippen molar-refractivity contribution in [2.45, 2.75) is 26.6 Å². The molecule has 38 heavy (non-hydrogen) atoms. The summed E-state index contributed by atoms with van der Waals surface area (Å²) in [5.41, 5.74) is -0.808. The third kappa shape index (κ3) is 6.61. The van der Waals surface area contributed by atoms with Gasteiger partial charge >= 0.3 is 11.7 Å². The Hall–Kier alpha value is -4.54. The molecule has 0 bridgehead atoms. The number of carbonyl (C=O) groups is 1. The minimum Gasteiger partial charge on any atom is -0.497 e. The highest BCUT2D eigenvalue weighted by Gasteiger charge is 2.41. The fourth-order valence-corrected chi connectivity index (χ4v) is 3.54.